The summed E-state index contributed by atoms with van der Waals surface area (Å²) in [7, 11) is 0. The lowest BCUT2D eigenvalue weighted by Gasteiger charge is -2.16. The van der Waals surface area contributed by atoms with Crippen molar-refractivity contribution in [2.24, 2.45) is 5.92 Å². The van der Waals surface area contributed by atoms with E-state index in [-0.39, 0.29) is 0 Å². The van der Waals surface area contributed by atoms with Gasteiger partial charge in [0.2, 0.25) is 0 Å². The van der Waals surface area contributed by atoms with Gasteiger partial charge in [-0.15, -0.1) is 0 Å². The molecule has 1 aliphatic rings. The maximum absolute atomic E-state index is 2.41. The topological polar surface area (TPSA) is 0 Å². The SMILES string of the molecule is CCCCCCCCCCCCCCCCCCCCCCCCCCCCCCCCCCC1C=CC1. The average Bonchev–Trinajstić information content (AvgIpc) is 2.90. The molecule has 38 heavy (non-hydrogen) atoms. The van der Waals surface area contributed by atoms with Gasteiger partial charge in [0, 0.05) is 0 Å². The van der Waals surface area contributed by atoms with Crippen molar-refractivity contribution < 1.29 is 0 Å². The number of hydrogen-bond donors (Lipinski definition) is 0. The molecule has 0 aliphatic heterocycles. The lowest BCUT2D eigenvalue weighted by Crippen LogP contribution is -2.01. The van der Waals surface area contributed by atoms with Gasteiger partial charge in [0.1, 0.15) is 0 Å². The molecule has 0 heterocycles. The minimum Gasteiger partial charge on any atom is -0.0877 e. The minimum absolute atomic E-state index is 0.948. The van der Waals surface area contributed by atoms with Crippen molar-refractivity contribution in [3.05, 3.63) is 12.2 Å². The van der Waals surface area contributed by atoms with Crippen LogP contribution in [0.2, 0.25) is 0 Å². The second-order valence-electron chi connectivity index (χ2n) is 13.2. The van der Waals surface area contributed by atoms with Gasteiger partial charge in [-0.25, -0.2) is 0 Å². The summed E-state index contributed by atoms with van der Waals surface area (Å²) in [4.78, 5) is 0. The number of rotatable bonds is 33. The normalized spacial score (nSPS) is 14.8. The molecule has 226 valence electrons. The summed E-state index contributed by atoms with van der Waals surface area (Å²) in [5.74, 6) is 0.948. The highest BCUT2D eigenvalue weighted by molar-refractivity contribution is 5.01. The fourth-order valence-electron chi connectivity index (χ4n) is 6.33. The Labute approximate surface area is 243 Å². The van der Waals surface area contributed by atoms with Crippen LogP contribution in [0.25, 0.3) is 0 Å². The lowest BCUT2D eigenvalue weighted by atomic mass is 9.89. The molecule has 0 nitrogen and oxygen atoms in total. The summed E-state index contributed by atoms with van der Waals surface area (Å²) in [5.41, 5.74) is 0. The zero-order chi connectivity index (χ0) is 27.0. The Hall–Kier alpha value is -0.260. The van der Waals surface area contributed by atoms with Crippen LogP contribution in [0.1, 0.15) is 225 Å². The van der Waals surface area contributed by atoms with Gasteiger partial charge < -0.3 is 0 Å². The van der Waals surface area contributed by atoms with Crippen molar-refractivity contribution in [2.45, 2.75) is 225 Å². The van der Waals surface area contributed by atoms with E-state index in [2.05, 4.69) is 19.1 Å². The van der Waals surface area contributed by atoms with Crippen molar-refractivity contribution in [1.82, 2.24) is 0 Å². The van der Waals surface area contributed by atoms with Crippen LogP contribution < -0.4 is 0 Å². The quantitative estimate of drug-likeness (QED) is 0.0584. The van der Waals surface area contributed by atoms with E-state index in [1.807, 2.05) is 0 Å². The van der Waals surface area contributed by atoms with Crippen LogP contribution in [-0.4, -0.2) is 0 Å². The highest BCUT2D eigenvalue weighted by Gasteiger charge is 2.08. The van der Waals surface area contributed by atoms with Crippen LogP contribution in [0.4, 0.5) is 0 Å². The Morgan fingerprint density at radius 1 is 0.342 bits per heavy atom. The number of allylic oxidation sites excluding steroid dienone is 2. The third-order valence-corrected chi connectivity index (χ3v) is 9.28. The minimum atomic E-state index is 0.948. The van der Waals surface area contributed by atoms with E-state index in [1.165, 1.54) is 218 Å². The Kier molecular flexibility index (Phi) is 29.4. The van der Waals surface area contributed by atoms with Crippen molar-refractivity contribution in [1.29, 1.82) is 0 Å². The molecule has 0 aromatic heterocycles. The fourth-order valence-corrected chi connectivity index (χ4v) is 6.33. The molecule has 0 saturated heterocycles. The smallest absolute Gasteiger partial charge is 0.0199 e. The number of unbranched alkanes of at least 4 members (excludes halogenated alkanes) is 31. The Morgan fingerprint density at radius 3 is 0.737 bits per heavy atom. The maximum Gasteiger partial charge on any atom is -0.0199 e. The van der Waals surface area contributed by atoms with Gasteiger partial charge in [0.15, 0.2) is 0 Å². The largest absolute Gasteiger partial charge is 0.0877 e. The first-order chi connectivity index (χ1) is 18.9. The van der Waals surface area contributed by atoms with Gasteiger partial charge in [0.05, 0.1) is 0 Å². The standard InChI is InChI=1S/C38H74/c1-2-3-4-5-6-7-8-9-10-11-12-13-14-15-16-17-18-19-20-21-22-23-24-25-26-27-28-29-30-31-32-33-35-38-36-34-37-38/h34,36,38H,2-33,35,37H2,1H3. The second kappa shape index (κ2) is 31.3. The summed E-state index contributed by atoms with van der Waals surface area (Å²) in [6.07, 6.45) is 55.1. The van der Waals surface area contributed by atoms with Gasteiger partial charge in [-0.3, -0.25) is 0 Å². The van der Waals surface area contributed by atoms with Crippen molar-refractivity contribution in [2.75, 3.05) is 0 Å². The molecule has 0 radical (unpaired) electrons. The number of hydrogen-bond acceptors (Lipinski definition) is 0. The van der Waals surface area contributed by atoms with Crippen LogP contribution in [0.5, 0.6) is 0 Å². The molecule has 0 aromatic carbocycles. The molecule has 1 atom stereocenters. The van der Waals surface area contributed by atoms with Crippen molar-refractivity contribution in [3.63, 3.8) is 0 Å². The zero-order valence-electron chi connectivity index (χ0n) is 26.8. The molecule has 0 aromatic rings. The molecular formula is C38H74. The molecule has 0 N–H and O–H groups in total. The third kappa shape index (κ3) is 27.3. The lowest BCUT2D eigenvalue weighted by molar-refractivity contribution is 0.491. The van der Waals surface area contributed by atoms with E-state index in [0.29, 0.717) is 0 Å². The first-order valence-electron chi connectivity index (χ1n) is 18.6. The van der Waals surface area contributed by atoms with E-state index in [0.717, 1.165) is 5.92 Å². The van der Waals surface area contributed by atoms with E-state index >= 15 is 0 Å². The highest BCUT2D eigenvalue weighted by Crippen LogP contribution is 2.23. The highest BCUT2D eigenvalue weighted by atomic mass is 14.1. The Balaban J connectivity index is 1.59. The molecule has 0 amide bonds. The van der Waals surface area contributed by atoms with Crippen LogP contribution in [0.15, 0.2) is 12.2 Å². The fraction of sp³-hybridized carbons (Fsp3) is 0.947. The van der Waals surface area contributed by atoms with Crippen LogP contribution in [0, 0.1) is 5.92 Å². The molecule has 0 saturated carbocycles. The zero-order valence-corrected chi connectivity index (χ0v) is 26.8. The monoisotopic (exact) mass is 531 g/mol. The van der Waals surface area contributed by atoms with Gasteiger partial charge in [-0.1, -0.05) is 225 Å². The van der Waals surface area contributed by atoms with Crippen LogP contribution in [-0.2, 0) is 0 Å². The summed E-state index contributed by atoms with van der Waals surface area (Å²) in [5, 5.41) is 0. The van der Waals surface area contributed by atoms with Gasteiger partial charge in [-0.2, -0.15) is 0 Å². The first kappa shape index (κ1) is 35.8. The molecule has 0 heteroatoms. The Bertz CT molecular complexity index is 449. The summed E-state index contributed by atoms with van der Waals surface area (Å²) in [6.45, 7) is 2.31. The summed E-state index contributed by atoms with van der Waals surface area (Å²) in [6, 6.07) is 0. The van der Waals surface area contributed by atoms with Crippen LogP contribution >= 0.6 is 0 Å². The van der Waals surface area contributed by atoms with Gasteiger partial charge in [-0.05, 0) is 18.8 Å². The Morgan fingerprint density at radius 2 is 0.553 bits per heavy atom. The summed E-state index contributed by atoms with van der Waals surface area (Å²) >= 11 is 0. The first-order valence-corrected chi connectivity index (χ1v) is 18.6. The third-order valence-electron chi connectivity index (χ3n) is 9.28. The molecular weight excluding hydrogens is 456 g/mol. The molecule has 0 bridgehead atoms. The predicted molar refractivity (Wildman–Crippen MR) is 175 cm³/mol. The average molecular weight is 531 g/mol. The van der Waals surface area contributed by atoms with Gasteiger partial charge >= 0.3 is 0 Å². The molecule has 1 rings (SSSR count). The maximum atomic E-state index is 2.41. The van der Waals surface area contributed by atoms with Crippen molar-refractivity contribution >= 4 is 0 Å². The van der Waals surface area contributed by atoms with E-state index in [4.69, 9.17) is 0 Å². The van der Waals surface area contributed by atoms with E-state index < -0.39 is 0 Å². The molecule has 0 spiro atoms. The van der Waals surface area contributed by atoms with Crippen molar-refractivity contribution in [3.8, 4) is 0 Å². The van der Waals surface area contributed by atoms with E-state index in [1.54, 1.807) is 0 Å². The molecule has 1 aliphatic carbocycles. The molecule has 1 unspecified atom stereocenters. The van der Waals surface area contributed by atoms with E-state index in [9.17, 15) is 0 Å². The van der Waals surface area contributed by atoms with Crippen LogP contribution in [0.3, 0.4) is 0 Å². The second-order valence-corrected chi connectivity index (χ2v) is 13.2. The predicted octanol–water partition coefficient (Wildman–Crippen LogP) is 14.5. The molecule has 0 fully saturated rings. The summed E-state index contributed by atoms with van der Waals surface area (Å²) < 4.78 is 0. The van der Waals surface area contributed by atoms with Gasteiger partial charge in [0.25, 0.3) is 0 Å².